The van der Waals surface area contributed by atoms with Gasteiger partial charge in [0.2, 0.25) is 0 Å². The molecule has 0 aliphatic carbocycles. The van der Waals surface area contributed by atoms with E-state index in [-0.39, 0.29) is 17.1 Å². The number of carbonyl (C=O) groups is 1. The highest BCUT2D eigenvalue weighted by Crippen LogP contribution is 2.23. The third kappa shape index (κ3) is 3.87. The average molecular weight is 355 g/mol. The molecule has 126 valence electrons. The number of nitrogens with one attached hydrogen (secondary N) is 1. The second-order valence-corrected chi connectivity index (χ2v) is 5.83. The standard InChI is InChI=1S/C18H15ClN4O2/c19-13-6-3-4-11(8-13)9-14-16(17(20)25)18(23-22-14)21-10-12-5-1-2-7-15(12)24/h1-8,10,24H,9H2,(H2,20,25)(H,22,23). The minimum absolute atomic E-state index is 0.0848. The third-order valence-corrected chi connectivity index (χ3v) is 3.84. The predicted octanol–water partition coefficient (Wildman–Crippen LogP) is 3.21. The number of primary amides is 1. The first kappa shape index (κ1) is 16.7. The molecule has 1 heterocycles. The zero-order valence-electron chi connectivity index (χ0n) is 13.1. The number of aromatic hydroxyl groups is 1. The maximum absolute atomic E-state index is 11.9. The number of H-pyrrole nitrogens is 1. The van der Waals surface area contributed by atoms with Crippen molar-refractivity contribution in [3.63, 3.8) is 0 Å². The molecule has 3 aromatic rings. The van der Waals surface area contributed by atoms with Crippen LogP contribution in [0.25, 0.3) is 0 Å². The molecule has 1 amide bonds. The molecule has 6 nitrogen and oxygen atoms in total. The van der Waals surface area contributed by atoms with Crippen LogP contribution in [0.5, 0.6) is 5.75 Å². The summed E-state index contributed by atoms with van der Waals surface area (Å²) in [5.74, 6) is -0.371. The lowest BCUT2D eigenvalue weighted by molar-refractivity contribution is 0.100. The van der Waals surface area contributed by atoms with Gasteiger partial charge in [0.25, 0.3) is 5.91 Å². The van der Waals surface area contributed by atoms with Crippen molar-refractivity contribution < 1.29 is 9.90 Å². The fourth-order valence-electron chi connectivity index (χ4n) is 2.43. The highest BCUT2D eigenvalue weighted by molar-refractivity contribution is 6.30. The summed E-state index contributed by atoms with van der Waals surface area (Å²) in [6.07, 6.45) is 1.85. The van der Waals surface area contributed by atoms with Gasteiger partial charge in [-0.2, -0.15) is 5.10 Å². The van der Waals surface area contributed by atoms with Crippen molar-refractivity contribution in [3.05, 3.63) is 75.9 Å². The van der Waals surface area contributed by atoms with E-state index in [1.54, 1.807) is 36.4 Å². The maximum atomic E-state index is 11.9. The highest BCUT2D eigenvalue weighted by atomic mass is 35.5. The van der Waals surface area contributed by atoms with E-state index in [2.05, 4.69) is 15.2 Å². The second-order valence-electron chi connectivity index (χ2n) is 5.39. The van der Waals surface area contributed by atoms with Crippen molar-refractivity contribution in [2.45, 2.75) is 6.42 Å². The van der Waals surface area contributed by atoms with Crippen molar-refractivity contribution >= 4 is 29.5 Å². The number of phenolic OH excluding ortho intramolecular Hbond substituents is 1. The maximum Gasteiger partial charge on any atom is 0.254 e. The van der Waals surface area contributed by atoms with Gasteiger partial charge in [-0.1, -0.05) is 35.9 Å². The first-order valence-corrected chi connectivity index (χ1v) is 7.86. The lowest BCUT2D eigenvalue weighted by Gasteiger charge is -2.02. The second kappa shape index (κ2) is 7.19. The Morgan fingerprint density at radius 1 is 1.28 bits per heavy atom. The number of benzene rings is 2. The number of hydrogen-bond acceptors (Lipinski definition) is 4. The molecular weight excluding hydrogens is 340 g/mol. The van der Waals surface area contributed by atoms with Gasteiger partial charge in [-0.3, -0.25) is 9.89 Å². The Kier molecular flexibility index (Phi) is 4.81. The van der Waals surface area contributed by atoms with Crippen molar-refractivity contribution in [1.82, 2.24) is 10.2 Å². The number of nitrogens with zero attached hydrogens (tertiary/aromatic N) is 2. The Labute approximate surface area is 149 Å². The van der Waals surface area contributed by atoms with Crippen LogP contribution < -0.4 is 5.73 Å². The Bertz CT molecular complexity index is 950. The normalized spacial score (nSPS) is 11.1. The van der Waals surface area contributed by atoms with Crippen LogP contribution in [0.3, 0.4) is 0 Å². The molecule has 0 aliphatic rings. The average Bonchev–Trinajstić information content (AvgIpc) is 2.97. The van der Waals surface area contributed by atoms with Crippen LogP contribution in [0.2, 0.25) is 5.02 Å². The van der Waals surface area contributed by atoms with E-state index in [9.17, 15) is 9.90 Å². The third-order valence-electron chi connectivity index (χ3n) is 3.60. The quantitative estimate of drug-likeness (QED) is 0.612. The summed E-state index contributed by atoms with van der Waals surface area (Å²) in [6.45, 7) is 0. The van der Waals surface area contributed by atoms with E-state index in [0.717, 1.165) is 5.56 Å². The monoisotopic (exact) mass is 354 g/mol. The van der Waals surface area contributed by atoms with E-state index < -0.39 is 5.91 Å². The molecule has 2 aromatic carbocycles. The lowest BCUT2D eigenvalue weighted by atomic mass is 10.1. The SMILES string of the molecule is NC(=O)c1c(N=Cc2ccccc2O)n[nH]c1Cc1cccc(Cl)c1. The molecule has 0 unspecified atom stereocenters. The largest absolute Gasteiger partial charge is 0.507 e. The van der Waals surface area contributed by atoms with Gasteiger partial charge in [-0.15, -0.1) is 0 Å². The van der Waals surface area contributed by atoms with Crippen molar-refractivity contribution in [3.8, 4) is 5.75 Å². The summed E-state index contributed by atoms with van der Waals surface area (Å²) in [4.78, 5) is 16.0. The molecule has 0 aliphatic heterocycles. The molecule has 3 rings (SSSR count). The first-order chi connectivity index (χ1) is 12.0. The van der Waals surface area contributed by atoms with E-state index in [1.807, 2.05) is 12.1 Å². The van der Waals surface area contributed by atoms with Crippen molar-refractivity contribution in [2.24, 2.45) is 10.7 Å². The predicted molar refractivity (Wildman–Crippen MR) is 96.7 cm³/mol. The van der Waals surface area contributed by atoms with Crippen molar-refractivity contribution in [2.75, 3.05) is 0 Å². The van der Waals surface area contributed by atoms with Crippen LogP contribution in [0.1, 0.15) is 27.2 Å². The Balaban J connectivity index is 1.92. The molecule has 0 bridgehead atoms. The molecule has 0 saturated carbocycles. The molecule has 7 heteroatoms. The summed E-state index contributed by atoms with van der Waals surface area (Å²) in [7, 11) is 0. The summed E-state index contributed by atoms with van der Waals surface area (Å²) in [6, 6.07) is 14.0. The first-order valence-electron chi connectivity index (χ1n) is 7.48. The summed E-state index contributed by atoms with van der Waals surface area (Å²) >= 11 is 5.99. The molecule has 0 radical (unpaired) electrons. The molecule has 0 atom stereocenters. The van der Waals surface area contributed by atoms with Gasteiger partial charge in [0.1, 0.15) is 11.3 Å². The fraction of sp³-hybridized carbons (Fsp3) is 0.0556. The number of carbonyl (C=O) groups excluding carboxylic acids is 1. The van der Waals surface area contributed by atoms with Crippen LogP contribution in [0.15, 0.2) is 53.5 Å². The molecule has 0 saturated heterocycles. The van der Waals surface area contributed by atoms with Gasteiger partial charge in [0.05, 0.1) is 5.69 Å². The molecule has 1 aromatic heterocycles. The number of aromatic amines is 1. The molecule has 0 spiro atoms. The van der Waals surface area contributed by atoms with Gasteiger partial charge in [-0.05, 0) is 29.8 Å². The number of nitrogens with two attached hydrogens (primary N) is 1. The van der Waals surface area contributed by atoms with E-state index in [1.165, 1.54) is 6.21 Å². The molecule has 25 heavy (non-hydrogen) atoms. The number of hydrogen-bond donors (Lipinski definition) is 3. The van der Waals surface area contributed by atoms with Crippen LogP contribution in [-0.4, -0.2) is 27.4 Å². The van der Waals surface area contributed by atoms with Gasteiger partial charge in [0, 0.05) is 23.2 Å². The number of amides is 1. The topological polar surface area (TPSA) is 104 Å². The molecule has 4 N–H and O–H groups in total. The van der Waals surface area contributed by atoms with Crippen LogP contribution in [0.4, 0.5) is 5.82 Å². The van der Waals surface area contributed by atoms with E-state index in [4.69, 9.17) is 17.3 Å². The highest BCUT2D eigenvalue weighted by Gasteiger charge is 2.18. The number of para-hydroxylation sites is 1. The summed E-state index contributed by atoms with van der Waals surface area (Å²) in [5.41, 5.74) is 7.69. The van der Waals surface area contributed by atoms with Crippen molar-refractivity contribution in [1.29, 1.82) is 0 Å². The summed E-state index contributed by atoms with van der Waals surface area (Å²) in [5, 5.41) is 17.2. The number of halogens is 1. The zero-order chi connectivity index (χ0) is 17.8. The number of rotatable bonds is 5. The minimum atomic E-state index is -0.629. The van der Waals surface area contributed by atoms with E-state index >= 15 is 0 Å². The van der Waals surface area contributed by atoms with Gasteiger partial charge < -0.3 is 10.8 Å². The summed E-state index contributed by atoms with van der Waals surface area (Å²) < 4.78 is 0. The Morgan fingerprint density at radius 3 is 2.80 bits per heavy atom. The van der Waals surface area contributed by atoms with Gasteiger partial charge in [0.15, 0.2) is 5.82 Å². The smallest absolute Gasteiger partial charge is 0.254 e. The minimum Gasteiger partial charge on any atom is -0.507 e. The number of phenols is 1. The van der Waals surface area contributed by atoms with Gasteiger partial charge in [-0.25, -0.2) is 4.99 Å². The van der Waals surface area contributed by atoms with Gasteiger partial charge >= 0.3 is 0 Å². The molecular formula is C18H15ClN4O2. The Morgan fingerprint density at radius 2 is 2.08 bits per heavy atom. The Hall–Kier alpha value is -3.12. The van der Waals surface area contributed by atoms with E-state index in [0.29, 0.717) is 22.7 Å². The number of aliphatic imine (C=N–C) groups is 1. The number of aromatic nitrogens is 2. The van der Waals surface area contributed by atoms with Crippen LogP contribution >= 0.6 is 11.6 Å². The van der Waals surface area contributed by atoms with Crippen LogP contribution in [-0.2, 0) is 6.42 Å². The fourth-order valence-corrected chi connectivity index (χ4v) is 2.64. The molecule has 0 fully saturated rings. The van der Waals surface area contributed by atoms with Crippen LogP contribution in [0, 0.1) is 0 Å². The zero-order valence-corrected chi connectivity index (χ0v) is 13.9. The lowest BCUT2D eigenvalue weighted by Crippen LogP contribution is -2.13.